The summed E-state index contributed by atoms with van der Waals surface area (Å²) in [6.45, 7) is 6.38. The zero-order valence-corrected chi connectivity index (χ0v) is 9.03. The zero-order valence-electron chi connectivity index (χ0n) is 9.03. The van der Waals surface area contributed by atoms with Crippen LogP contribution in [0.4, 0.5) is 11.5 Å². The largest absolute Gasteiger partial charge is 0.396 e. The van der Waals surface area contributed by atoms with Gasteiger partial charge >= 0.3 is 0 Å². The molecule has 3 nitrogen and oxygen atoms in total. The highest BCUT2D eigenvalue weighted by Crippen LogP contribution is 2.19. The Morgan fingerprint density at radius 2 is 1.93 bits per heavy atom. The van der Waals surface area contributed by atoms with E-state index in [1.165, 1.54) is 0 Å². The van der Waals surface area contributed by atoms with Crippen molar-refractivity contribution in [3.63, 3.8) is 0 Å². The van der Waals surface area contributed by atoms with Crippen molar-refractivity contribution in [1.82, 2.24) is 4.98 Å². The maximum Gasteiger partial charge on any atom is 0.151 e. The molecule has 0 saturated heterocycles. The normalized spacial score (nSPS) is 10.1. The van der Waals surface area contributed by atoms with Gasteiger partial charge in [0, 0.05) is 19.3 Å². The lowest BCUT2D eigenvalue weighted by Crippen LogP contribution is -2.26. The fourth-order valence-electron chi connectivity index (χ4n) is 1.54. The minimum absolute atomic E-state index is 0.773. The summed E-state index contributed by atoms with van der Waals surface area (Å²) in [6, 6.07) is 3.77. The van der Waals surface area contributed by atoms with Crippen LogP contribution >= 0.6 is 0 Å². The molecule has 0 aliphatic rings. The third kappa shape index (κ3) is 2.62. The van der Waals surface area contributed by atoms with Gasteiger partial charge in [-0.3, -0.25) is 0 Å². The van der Waals surface area contributed by atoms with Crippen LogP contribution < -0.4 is 10.6 Å². The van der Waals surface area contributed by atoms with Crippen LogP contribution in [0.15, 0.2) is 18.3 Å². The number of hydrogen-bond donors (Lipinski definition) is 1. The summed E-state index contributed by atoms with van der Waals surface area (Å²) in [7, 11) is 0. The SMILES string of the molecule is CCCN(CCC)c1ncccc1N. The summed E-state index contributed by atoms with van der Waals surface area (Å²) >= 11 is 0. The molecule has 0 radical (unpaired) electrons. The van der Waals surface area contributed by atoms with Crippen molar-refractivity contribution in [2.24, 2.45) is 0 Å². The Hall–Kier alpha value is -1.25. The minimum atomic E-state index is 0.773. The second-order valence-electron chi connectivity index (χ2n) is 3.40. The Bertz CT molecular complexity index is 267. The summed E-state index contributed by atoms with van der Waals surface area (Å²) in [5, 5.41) is 0. The predicted molar refractivity (Wildman–Crippen MR) is 61.4 cm³/mol. The van der Waals surface area contributed by atoms with Gasteiger partial charge in [-0.25, -0.2) is 4.98 Å². The van der Waals surface area contributed by atoms with Crippen LogP contribution in [0, 0.1) is 0 Å². The summed E-state index contributed by atoms with van der Waals surface area (Å²) in [5.41, 5.74) is 6.65. The lowest BCUT2D eigenvalue weighted by Gasteiger charge is -2.23. The van der Waals surface area contributed by atoms with Crippen LogP contribution in [0.1, 0.15) is 26.7 Å². The van der Waals surface area contributed by atoms with E-state index in [1.54, 1.807) is 6.20 Å². The second kappa shape index (κ2) is 5.47. The average Bonchev–Trinajstić information content (AvgIpc) is 2.18. The molecule has 3 heteroatoms. The highest BCUT2D eigenvalue weighted by Gasteiger charge is 2.08. The fourth-order valence-corrected chi connectivity index (χ4v) is 1.54. The number of aromatic nitrogens is 1. The van der Waals surface area contributed by atoms with Crippen molar-refractivity contribution in [3.05, 3.63) is 18.3 Å². The number of nitrogens with zero attached hydrogens (tertiary/aromatic N) is 2. The molecule has 0 unspecified atom stereocenters. The molecule has 0 spiro atoms. The van der Waals surface area contributed by atoms with Gasteiger partial charge in [-0.1, -0.05) is 13.8 Å². The van der Waals surface area contributed by atoms with Gasteiger partial charge in [0.15, 0.2) is 5.82 Å². The van der Waals surface area contributed by atoms with E-state index in [-0.39, 0.29) is 0 Å². The van der Waals surface area contributed by atoms with Gasteiger partial charge in [0.2, 0.25) is 0 Å². The molecule has 0 aromatic carbocycles. The van der Waals surface area contributed by atoms with E-state index < -0.39 is 0 Å². The van der Waals surface area contributed by atoms with Crippen LogP contribution in [0.5, 0.6) is 0 Å². The van der Waals surface area contributed by atoms with E-state index in [0.717, 1.165) is 37.4 Å². The third-order valence-electron chi connectivity index (χ3n) is 2.10. The van der Waals surface area contributed by atoms with Crippen LogP contribution in [-0.4, -0.2) is 18.1 Å². The molecular weight excluding hydrogens is 174 g/mol. The topological polar surface area (TPSA) is 42.2 Å². The molecule has 0 saturated carbocycles. The Kier molecular flexibility index (Phi) is 4.23. The molecule has 0 bridgehead atoms. The van der Waals surface area contributed by atoms with Crippen molar-refractivity contribution in [2.75, 3.05) is 23.7 Å². The van der Waals surface area contributed by atoms with Crippen LogP contribution in [0.25, 0.3) is 0 Å². The van der Waals surface area contributed by atoms with Crippen LogP contribution in [0.2, 0.25) is 0 Å². The number of anilines is 2. The molecule has 1 rings (SSSR count). The van der Waals surface area contributed by atoms with E-state index in [4.69, 9.17) is 5.73 Å². The lowest BCUT2D eigenvalue weighted by molar-refractivity contribution is 0.735. The first-order valence-corrected chi connectivity index (χ1v) is 5.25. The molecule has 0 aliphatic heterocycles. The van der Waals surface area contributed by atoms with E-state index in [0.29, 0.717) is 0 Å². The molecule has 0 atom stereocenters. The highest BCUT2D eigenvalue weighted by molar-refractivity contribution is 5.62. The van der Waals surface area contributed by atoms with Gasteiger partial charge in [0.1, 0.15) is 0 Å². The van der Waals surface area contributed by atoms with Gasteiger partial charge in [-0.2, -0.15) is 0 Å². The monoisotopic (exact) mass is 193 g/mol. The molecule has 0 amide bonds. The molecule has 0 aliphatic carbocycles. The maximum absolute atomic E-state index is 5.88. The van der Waals surface area contributed by atoms with Gasteiger partial charge in [0.25, 0.3) is 0 Å². The Balaban J connectivity index is 2.81. The number of nitrogens with two attached hydrogens (primary N) is 1. The summed E-state index contributed by atoms with van der Waals surface area (Å²) < 4.78 is 0. The molecule has 1 aromatic heterocycles. The summed E-state index contributed by atoms with van der Waals surface area (Å²) in [6.07, 6.45) is 4.04. The van der Waals surface area contributed by atoms with Gasteiger partial charge in [-0.05, 0) is 25.0 Å². The lowest BCUT2D eigenvalue weighted by atomic mass is 10.3. The van der Waals surface area contributed by atoms with Gasteiger partial charge < -0.3 is 10.6 Å². The van der Waals surface area contributed by atoms with Gasteiger partial charge in [-0.15, -0.1) is 0 Å². The molecule has 2 N–H and O–H groups in total. The van der Waals surface area contributed by atoms with Gasteiger partial charge in [0.05, 0.1) is 5.69 Å². The average molecular weight is 193 g/mol. The molecule has 14 heavy (non-hydrogen) atoms. The standard InChI is InChI=1S/C11H19N3/c1-3-8-14(9-4-2)11-10(12)6-5-7-13-11/h5-7H,3-4,8-9,12H2,1-2H3. The second-order valence-corrected chi connectivity index (χ2v) is 3.40. The number of rotatable bonds is 5. The van der Waals surface area contributed by atoms with E-state index in [9.17, 15) is 0 Å². The molecule has 1 heterocycles. The number of nitrogen functional groups attached to an aromatic ring is 1. The molecule has 1 aromatic rings. The fraction of sp³-hybridized carbons (Fsp3) is 0.545. The van der Waals surface area contributed by atoms with Crippen molar-refractivity contribution in [1.29, 1.82) is 0 Å². The summed E-state index contributed by atoms with van der Waals surface area (Å²) in [4.78, 5) is 6.56. The van der Waals surface area contributed by atoms with E-state index >= 15 is 0 Å². The molecule has 78 valence electrons. The predicted octanol–water partition coefficient (Wildman–Crippen LogP) is 2.29. The Morgan fingerprint density at radius 1 is 1.29 bits per heavy atom. The molecule has 0 fully saturated rings. The zero-order chi connectivity index (χ0) is 10.4. The van der Waals surface area contributed by atoms with E-state index in [1.807, 2.05) is 12.1 Å². The van der Waals surface area contributed by atoms with E-state index in [2.05, 4.69) is 23.7 Å². The van der Waals surface area contributed by atoms with Crippen LogP contribution in [0.3, 0.4) is 0 Å². The first-order valence-electron chi connectivity index (χ1n) is 5.25. The Labute approximate surface area is 85.9 Å². The van der Waals surface area contributed by atoms with Crippen molar-refractivity contribution in [3.8, 4) is 0 Å². The quantitative estimate of drug-likeness (QED) is 0.780. The molecular formula is C11H19N3. The highest BCUT2D eigenvalue weighted by atomic mass is 15.2. The van der Waals surface area contributed by atoms with Crippen molar-refractivity contribution < 1.29 is 0 Å². The number of pyridine rings is 1. The smallest absolute Gasteiger partial charge is 0.151 e. The first-order chi connectivity index (χ1) is 6.79. The van der Waals surface area contributed by atoms with Crippen LogP contribution in [-0.2, 0) is 0 Å². The maximum atomic E-state index is 5.88. The van der Waals surface area contributed by atoms with Crippen molar-refractivity contribution >= 4 is 11.5 Å². The minimum Gasteiger partial charge on any atom is -0.396 e. The van der Waals surface area contributed by atoms with Crippen molar-refractivity contribution in [2.45, 2.75) is 26.7 Å². The third-order valence-corrected chi connectivity index (χ3v) is 2.10. The summed E-state index contributed by atoms with van der Waals surface area (Å²) in [5.74, 6) is 0.927. The number of hydrogen-bond acceptors (Lipinski definition) is 3. The first kappa shape index (κ1) is 10.8. The Morgan fingerprint density at radius 3 is 2.43 bits per heavy atom.